The van der Waals surface area contributed by atoms with E-state index in [1.54, 1.807) is 11.0 Å². The van der Waals surface area contributed by atoms with Crippen LogP contribution in [0.5, 0.6) is 0 Å². The molecule has 2 aromatic rings. The van der Waals surface area contributed by atoms with Crippen LogP contribution >= 0.6 is 0 Å². The fourth-order valence-corrected chi connectivity index (χ4v) is 5.26. The molecule has 0 aliphatic carbocycles. The fraction of sp³-hybridized carbons (Fsp3) is 0.444. The molecule has 186 valence electrons. The molecular formula is C27H31FN2O5. The number of nitrogens with zero attached hydrogens (tertiary/aromatic N) is 2. The number of rotatable bonds is 8. The molecule has 35 heavy (non-hydrogen) atoms. The van der Waals surface area contributed by atoms with Gasteiger partial charge in [0.2, 0.25) is 17.7 Å². The Morgan fingerprint density at radius 1 is 1.11 bits per heavy atom. The van der Waals surface area contributed by atoms with Crippen LogP contribution in [0.4, 0.5) is 4.39 Å². The van der Waals surface area contributed by atoms with Gasteiger partial charge in [0.25, 0.3) is 0 Å². The first-order valence-corrected chi connectivity index (χ1v) is 12.0. The molecule has 2 fully saturated rings. The summed E-state index contributed by atoms with van der Waals surface area (Å²) >= 11 is 0. The Morgan fingerprint density at radius 2 is 1.77 bits per heavy atom. The molecule has 0 unspecified atom stereocenters. The average Bonchev–Trinajstić information content (AvgIpc) is 3.12. The molecule has 2 heterocycles. The summed E-state index contributed by atoms with van der Waals surface area (Å²) in [7, 11) is 1.47. The number of piperidine rings is 1. The number of halogens is 1. The third-order valence-electron chi connectivity index (χ3n) is 7.25. The average molecular weight is 483 g/mol. The van der Waals surface area contributed by atoms with Gasteiger partial charge in [0.1, 0.15) is 5.82 Å². The summed E-state index contributed by atoms with van der Waals surface area (Å²) in [5.41, 5.74) is -0.656. The normalized spacial score (nSPS) is 22.0. The predicted molar refractivity (Wildman–Crippen MR) is 127 cm³/mol. The molecule has 4 rings (SSSR count). The van der Waals surface area contributed by atoms with E-state index in [9.17, 15) is 23.9 Å². The van der Waals surface area contributed by atoms with Crippen LogP contribution < -0.4 is 0 Å². The number of hydrogen-bond donors (Lipinski definition) is 1. The molecule has 2 aliphatic heterocycles. The van der Waals surface area contributed by atoms with Crippen molar-refractivity contribution in [3.05, 3.63) is 71.5 Å². The molecule has 2 atom stereocenters. The van der Waals surface area contributed by atoms with Crippen molar-refractivity contribution in [2.45, 2.75) is 37.2 Å². The lowest BCUT2D eigenvalue weighted by Crippen LogP contribution is -2.46. The molecule has 7 nitrogen and oxygen atoms in total. The summed E-state index contributed by atoms with van der Waals surface area (Å²) in [4.78, 5) is 42.4. The summed E-state index contributed by atoms with van der Waals surface area (Å²) in [5, 5.41) is 10.7. The Labute approximate surface area is 204 Å². The summed E-state index contributed by atoms with van der Waals surface area (Å²) in [6.45, 7) is 1.07. The zero-order valence-electron chi connectivity index (χ0n) is 19.9. The van der Waals surface area contributed by atoms with E-state index in [1.165, 1.54) is 25.3 Å². The maximum absolute atomic E-state index is 14.9. The van der Waals surface area contributed by atoms with Gasteiger partial charge in [-0.3, -0.25) is 19.3 Å². The monoisotopic (exact) mass is 482 g/mol. The summed E-state index contributed by atoms with van der Waals surface area (Å²) in [6.07, 6.45) is 0.0729. The quantitative estimate of drug-likeness (QED) is 0.585. The number of carbonyl (C=O) groups excluding carboxylic acids is 3. The zero-order valence-corrected chi connectivity index (χ0v) is 19.9. The molecule has 0 spiro atoms. The maximum Gasteiger partial charge on any atom is 0.241 e. The van der Waals surface area contributed by atoms with Gasteiger partial charge >= 0.3 is 0 Å². The predicted octanol–water partition coefficient (Wildman–Crippen LogP) is 2.83. The number of amides is 3. The van der Waals surface area contributed by atoms with Crippen molar-refractivity contribution in [3.63, 3.8) is 0 Å². The van der Waals surface area contributed by atoms with Crippen LogP contribution in [0, 0.1) is 11.7 Å². The second-order valence-electron chi connectivity index (χ2n) is 9.33. The molecular weight excluding hydrogens is 451 g/mol. The van der Waals surface area contributed by atoms with Gasteiger partial charge in [0.05, 0.1) is 24.7 Å². The number of carbonyl (C=O) groups is 3. The molecule has 0 aromatic heterocycles. The van der Waals surface area contributed by atoms with Gasteiger partial charge in [-0.1, -0.05) is 48.5 Å². The second kappa shape index (κ2) is 10.7. The largest absolute Gasteiger partial charge is 0.388 e. The van der Waals surface area contributed by atoms with Crippen molar-refractivity contribution in [1.82, 2.24) is 9.80 Å². The number of benzene rings is 2. The number of methoxy groups -OCH3 is 1. The molecule has 0 saturated carbocycles. The lowest BCUT2D eigenvalue weighted by Gasteiger charge is -2.36. The Hall–Kier alpha value is -3.10. The minimum atomic E-state index is -1.58. The molecule has 3 amide bonds. The first-order chi connectivity index (χ1) is 16.9. The number of aliphatic hydroxyl groups excluding tert-OH is 1. The molecule has 2 aliphatic rings. The second-order valence-corrected chi connectivity index (χ2v) is 9.33. The standard InChI is InChI=1S/C27H31FN2O5/c1-35-16-15-30-24(32)18-27(26(30)34,21-9-5-6-10-22(21)28)17-23(31)29-13-11-20(12-14-29)25(33)19-7-3-2-4-8-19/h2-10,20,25,33H,11-18H2,1H3/t25-,27+/m1/s1. The van der Waals surface area contributed by atoms with E-state index >= 15 is 0 Å². The van der Waals surface area contributed by atoms with Crippen LogP contribution in [0.1, 0.15) is 42.9 Å². The fourth-order valence-electron chi connectivity index (χ4n) is 5.26. The van der Waals surface area contributed by atoms with Gasteiger partial charge in [-0.15, -0.1) is 0 Å². The van der Waals surface area contributed by atoms with Crippen molar-refractivity contribution < 1.29 is 28.6 Å². The minimum absolute atomic E-state index is 0.0150. The highest BCUT2D eigenvalue weighted by Crippen LogP contribution is 2.42. The molecule has 0 bridgehead atoms. The Morgan fingerprint density at radius 3 is 2.43 bits per heavy atom. The number of aliphatic hydroxyl groups is 1. The van der Waals surface area contributed by atoms with E-state index in [1.807, 2.05) is 30.3 Å². The van der Waals surface area contributed by atoms with Gasteiger partial charge < -0.3 is 14.7 Å². The molecule has 0 radical (unpaired) electrons. The van der Waals surface area contributed by atoms with Crippen molar-refractivity contribution in [2.75, 3.05) is 33.4 Å². The lowest BCUT2D eigenvalue weighted by atomic mass is 9.75. The van der Waals surface area contributed by atoms with Crippen molar-refractivity contribution in [3.8, 4) is 0 Å². The lowest BCUT2D eigenvalue weighted by molar-refractivity contribution is -0.143. The topological polar surface area (TPSA) is 87.2 Å². The smallest absolute Gasteiger partial charge is 0.241 e. The van der Waals surface area contributed by atoms with Crippen LogP contribution in [0.2, 0.25) is 0 Å². The molecule has 2 aromatic carbocycles. The van der Waals surface area contributed by atoms with E-state index in [4.69, 9.17) is 4.74 Å². The van der Waals surface area contributed by atoms with Crippen LogP contribution in [-0.4, -0.2) is 66.0 Å². The van der Waals surface area contributed by atoms with E-state index in [0.717, 1.165) is 10.5 Å². The third kappa shape index (κ3) is 4.99. The number of likely N-dealkylation sites (tertiary alicyclic amines) is 2. The summed E-state index contributed by atoms with van der Waals surface area (Å²) in [6, 6.07) is 15.3. The highest BCUT2D eigenvalue weighted by Gasteiger charge is 2.55. The van der Waals surface area contributed by atoms with Crippen LogP contribution in [-0.2, 0) is 24.5 Å². The first kappa shape index (κ1) is 25.0. The van der Waals surface area contributed by atoms with Gasteiger partial charge in [-0.25, -0.2) is 4.39 Å². The first-order valence-electron chi connectivity index (χ1n) is 12.0. The van der Waals surface area contributed by atoms with Gasteiger partial charge in [0.15, 0.2) is 0 Å². The number of imide groups is 1. The highest BCUT2D eigenvalue weighted by molar-refractivity contribution is 6.10. The Balaban J connectivity index is 1.51. The molecule has 1 N–H and O–H groups in total. The van der Waals surface area contributed by atoms with Crippen molar-refractivity contribution >= 4 is 17.7 Å². The van der Waals surface area contributed by atoms with Gasteiger partial charge in [-0.2, -0.15) is 0 Å². The van der Waals surface area contributed by atoms with Crippen LogP contribution in [0.3, 0.4) is 0 Å². The summed E-state index contributed by atoms with van der Waals surface area (Å²) in [5.74, 6) is -1.89. The Bertz CT molecular complexity index is 1070. The third-order valence-corrected chi connectivity index (χ3v) is 7.25. The summed E-state index contributed by atoms with van der Waals surface area (Å²) < 4.78 is 19.9. The van der Waals surface area contributed by atoms with E-state index < -0.39 is 29.2 Å². The number of ether oxygens (including phenoxy) is 1. The zero-order chi connectivity index (χ0) is 25.0. The van der Waals surface area contributed by atoms with E-state index in [0.29, 0.717) is 25.9 Å². The van der Waals surface area contributed by atoms with Crippen molar-refractivity contribution in [1.29, 1.82) is 0 Å². The minimum Gasteiger partial charge on any atom is -0.388 e. The highest BCUT2D eigenvalue weighted by atomic mass is 19.1. The van der Waals surface area contributed by atoms with Gasteiger partial charge in [-0.05, 0) is 30.4 Å². The van der Waals surface area contributed by atoms with Crippen molar-refractivity contribution in [2.24, 2.45) is 5.92 Å². The molecule has 8 heteroatoms. The van der Waals surface area contributed by atoms with Gasteiger partial charge in [0, 0.05) is 38.6 Å². The SMILES string of the molecule is COCCN1C(=O)C[C@@](CC(=O)N2CCC([C@H](O)c3ccccc3)CC2)(c2ccccc2F)C1=O. The van der Waals surface area contributed by atoms with Crippen LogP contribution in [0.15, 0.2) is 54.6 Å². The van der Waals surface area contributed by atoms with E-state index in [-0.39, 0.29) is 43.4 Å². The molecule has 2 saturated heterocycles. The van der Waals surface area contributed by atoms with Crippen LogP contribution in [0.25, 0.3) is 0 Å². The van der Waals surface area contributed by atoms with E-state index in [2.05, 4.69) is 0 Å². The Kier molecular flexibility index (Phi) is 7.62. The maximum atomic E-state index is 14.9. The number of hydrogen-bond acceptors (Lipinski definition) is 5.